The number of carbonyl (C=O) groups excluding carboxylic acids is 1. The monoisotopic (exact) mass is 387 g/mol. The first-order chi connectivity index (χ1) is 9.48. The second-order valence-electron chi connectivity index (χ2n) is 5.32. The van der Waals surface area contributed by atoms with Crippen molar-refractivity contribution in [2.75, 3.05) is 13.1 Å². The molecule has 0 radical (unpaired) electrons. The first-order valence-electron chi connectivity index (χ1n) is 6.77. The molecule has 1 saturated heterocycles. The molecule has 0 bridgehead atoms. The Morgan fingerprint density at radius 2 is 2.00 bits per heavy atom. The van der Waals surface area contributed by atoms with E-state index >= 15 is 0 Å². The van der Waals surface area contributed by atoms with Crippen molar-refractivity contribution < 1.29 is 14.7 Å². The van der Waals surface area contributed by atoms with Crippen molar-refractivity contribution in [3.8, 4) is 0 Å². The van der Waals surface area contributed by atoms with Gasteiger partial charge in [0.1, 0.15) is 0 Å². The summed E-state index contributed by atoms with van der Waals surface area (Å²) in [5, 5.41) is 9.46. The molecule has 1 aliphatic rings. The Kier molecular flexibility index (Phi) is 4.67. The van der Waals surface area contributed by atoms with Crippen LogP contribution in [0.5, 0.6) is 0 Å². The maximum Gasteiger partial charge on any atom is 0.311 e. The molecule has 1 aromatic rings. The molecule has 20 heavy (non-hydrogen) atoms. The van der Waals surface area contributed by atoms with Crippen LogP contribution >= 0.6 is 22.6 Å². The standard InChI is InChI=1S/C15H18INO3/c1-2-7-15(14(19)20)8-9-17(10-15)13(18)11-3-5-12(16)6-4-11/h3-6H,2,7-10H2,1H3,(H,19,20). The lowest BCUT2D eigenvalue weighted by Crippen LogP contribution is -2.36. The Hall–Kier alpha value is -1.11. The van der Waals surface area contributed by atoms with Crippen LogP contribution in [0.15, 0.2) is 24.3 Å². The molecule has 108 valence electrons. The molecule has 1 aromatic carbocycles. The molecule has 5 heteroatoms. The largest absolute Gasteiger partial charge is 0.481 e. The summed E-state index contributed by atoms with van der Waals surface area (Å²) in [6, 6.07) is 7.37. The third kappa shape index (κ3) is 2.97. The molecule has 1 heterocycles. The first-order valence-corrected chi connectivity index (χ1v) is 7.84. The molecule has 0 spiro atoms. The first kappa shape index (κ1) is 15.3. The van der Waals surface area contributed by atoms with E-state index in [4.69, 9.17) is 0 Å². The SMILES string of the molecule is CCCC1(C(=O)O)CCN(C(=O)c2ccc(I)cc2)C1. The number of hydrogen-bond donors (Lipinski definition) is 1. The molecule has 2 rings (SSSR count). The van der Waals surface area contributed by atoms with Gasteiger partial charge in [-0.05, 0) is 59.7 Å². The van der Waals surface area contributed by atoms with E-state index in [2.05, 4.69) is 22.6 Å². The van der Waals surface area contributed by atoms with Crippen LogP contribution in [0.1, 0.15) is 36.5 Å². The highest BCUT2D eigenvalue weighted by molar-refractivity contribution is 14.1. The van der Waals surface area contributed by atoms with Crippen molar-refractivity contribution in [1.82, 2.24) is 4.90 Å². The summed E-state index contributed by atoms with van der Waals surface area (Å²) in [5.74, 6) is -0.849. The lowest BCUT2D eigenvalue weighted by molar-refractivity contribution is -0.148. The zero-order valence-electron chi connectivity index (χ0n) is 11.4. The fourth-order valence-corrected chi connectivity index (χ4v) is 3.14. The van der Waals surface area contributed by atoms with Gasteiger partial charge in [-0.1, -0.05) is 13.3 Å². The van der Waals surface area contributed by atoms with E-state index in [-0.39, 0.29) is 5.91 Å². The predicted octanol–water partition coefficient (Wildman–Crippen LogP) is 3.01. The van der Waals surface area contributed by atoms with Crippen LogP contribution < -0.4 is 0 Å². The fraction of sp³-hybridized carbons (Fsp3) is 0.467. The Morgan fingerprint density at radius 3 is 2.55 bits per heavy atom. The van der Waals surface area contributed by atoms with Crippen LogP contribution in [-0.4, -0.2) is 35.0 Å². The Labute approximate surface area is 132 Å². The number of carboxylic acid groups (broad SMARTS) is 1. The number of aliphatic carboxylic acids is 1. The van der Waals surface area contributed by atoms with E-state index in [0.717, 1.165) is 9.99 Å². The quantitative estimate of drug-likeness (QED) is 0.809. The van der Waals surface area contributed by atoms with Crippen molar-refractivity contribution in [1.29, 1.82) is 0 Å². The zero-order valence-corrected chi connectivity index (χ0v) is 13.6. The van der Waals surface area contributed by atoms with Gasteiger partial charge in [-0.15, -0.1) is 0 Å². The molecule has 0 aromatic heterocycles. The number of nitrogens with zero attached hydrogens (tertiary/aromatic N) is 1. The van der Waals surface area contributed by atoms with E-state index in [9.17, 15) is 14.7 Å². The smallest absolute Gasteiger partial charge is 0.311 e. The molecule has 4 nitrogen and oxygen atoms in total. The maximum atomic E-state index is 12.4. The summed E-state index contributed by atoms with van der Waals surface area (Å²) in [6.45, 7) is 2.83. The highest BCUT2D eigenvalue weighted by atomic mass is 127. The van der Waals surface area contributed by atoms with E-state index in [1.807, 2.05) is 19.1 Å². The molecular formula is C15H18INO3. The summed E-state index contributed by atoms with van der Waals surface area (Å²) in [4.78, 5) is 25.6. The second-order valence-corrected chi connectivity index (χ2v) is 6.56. The minimum atomic E-state index is -0.780. The Bertz CT molecular complexity index is 514. The summed E-state index contributed by atoms with van der Waals surface area (Å²) in [6.07, 6.45) is 1.99. The molecule has 1 atom stereocenters. The van der Waals surface area contributed by atoms with Gasteiger partial charge in [-0.25, -0.2) is 0 Å². The van der Waals surface area contributed by atoms with Gasteiger partial charge in [0, 0.05) is 22.2 Å². The summed E-state index contributed by atoms with van der Waals surface area (Å²) in [7, 11) is 0. The summed E-state index contributed by atoms with van der Waals surface area (Å²) >= 11 is 2.19. The Morgan fingerprint density at radius 1 is 1.35 bits per heavy atom. The number of halogens is 1. The van der Waals surface area contributed by atoms with Crippen molar-refractivity contribution in [3.05, 3.63) is 33.4 Å². The van der Waals surface area contributed by atoms with Crippen molar-refractivity contribution in [2.24, 2.45) is 5.41 Å². The van der Waals surface area contributed by atoms with E-state index in [1.165, 1.54) is 0 Å². The average molecular weight is 387 g/mol. The highest BCUT2D eigenvalue weighted by Gasteiger charge is 2.45. The Balaban J connectivity index is 2.14. The van der Waals surface area contributed by atoms with Crippen molar-refractivity contribution in [3.63, 3.8) is 0 Å². The molecule has 0 saturated carbocycles. The van der Waals surface area contributed by atoms with Gasteiger partial charge in [0.2, 0.25) is 0 Å². The summed E-state index contributed by atoms with van der Waals surface area (Å²) in [5.41, 5.74) is -0.128. The number of rotatable bonds is 4. The molecule has 1 amide bonds. The predicted molar refractivity (Wildman–Crippen MR) is 84.7 cm³/mol. The summed E-state index contributed by atoms with van der Waals surface area (Å²) < 4.78 is 1.08. The van der Waals surface area contributed by atoms with Gasteiger partial charge in [-0.3, -0.25) is 9.59 Å². The van der Waals surface area contributed by atoms with Gasteiger partial charge in [-0.2, -0.15) is 0 Å². The van der Waals surface area contributed by atoms with Crippen LogP contribution in [0.2, 0.25) is 0 Å². The van der Waals surface area contributed by atoms with Gasteiger partial charge in [0.05, 0.1) is 5.41 Å². The van der Waals surface area contributed by atoms with Crippen LogP contribution in [0.4, 0.5) is 0 Å². The maximum absolute atomic E-state index is 12.4. The minimum Gasteiger partial charge on any atom is -0.481 e. The molecular weight excluding hydrogens is 369 g/mol. The third-order valence-electron chi connectivity index (χ3n) is 3.91. The van der Waals surface area contributed by atoms with Gasteiger partial charge < -0.3 is 10.0 Å². The minimum absolute atomic E-state index is 0.0689. The van der Waals surface area contributed by atoms with Crippen LogP contribution in [0.25, 0.3) is 0 Å². The number of carbonyl (C=O) groups is 2. The zero-order chi connectivity index (χ0) is 14.8. The van der Waals surface area contributed by atoms with Gasteiger partial charge in [0.25, 0.3) is 5.91 Å². The molecule has 0 aliphatic carbocycles. The number of benzene rings is 1. The average Bonchev–Trinajstić information content (AvgIpc) is 2.85. The molecule has 1 fully saturated rings. The third-order valence-corrected chi connectivity index (χ3v) is 4.63. The lowest BCUT2D eigenvalue weighted by Gasteiger charge is -2.24. The second kappa shape index (κ2) is 6.11. The van der Waals surface area contributed by atoms with Crippen LogP contribution in [0.3, 0.4) is 0 Å². The van der Waals surface area contributed by atoms with Crippen LogP contribution in [-0.2, 0) is 4.79 Å². The number of likely N-dealkylation sites (tertiary alicyclic amines) is 1. The normalized spacial score (nSPS) is 22.0. The van der Waals surface area contributed by atoms with Gasteiger partial charge in [0.15, 0.2) is 0 Å². The number of hydrogen-bond acceptors (Lipinski definition) is 2. The lowest BCUT2D eigenvalue weighted by atomic mass is 9.83. The molecule has 1 N–H and O–H groups in total. The number of carboxylic acids is 1. The van der Waals surface area contributed by atoms with E-state index < -0.39 is 11.4 Å². The van der Waals surface area contributed by atoms with Crippen molar-refractivity contribution >= 4 is 34.5 Å². The van der Waals surface area contributed by atoms with Crippen molar-refractivity contribution in [2.45, 2.75) is 26.2 Å². The molecule has 1 unspecified atom stereocenters. The van der Waals surface area contributed by atoms with Gasteiger partial charge >= 0.3 is 5.97 Å². The fourth-order valence-electron chi connectivity index (χ4n) is 2.78. The topological polar surface area (TPSA) is 57.6 Å². The van der Waals surface area contributed by atoms with E-state index in [0.29, 0.717) is 31.5 Å². The van der Waals surface area contributed by atoms with E-state index in [1.54, 1.807) is 17.0 Å². The molecule has 1 aliphatic heterocycles. The van der Waals surface area contributed by atoms with Crippen LogP contribution in [0, 0.1) is 8.99 Å². The number of amides is 1. The highest BCUT2D eigenvalue weighted by Crippen LogP contribution is 2.36.